The molecule has 1 N–H and O–H groups in total. The topological polar surface area (TPSA) is 24.5 Å². The molecule has 0 unspecified atom stereocenters. The molecule has 0 aromatic heterocycles. The van der Waals surface area contributed by atoms with Crippen molar-refractivity contribution in [3.63, 3.8) is 0 Å². The summed E-state index contributed by atoms with van der Waals surface area (Å²) >= 11 is 0. The highest BCUT2D eigenvalue weighted by molar-refractivity contribution is 4.83. The molecule has 0 rings (SSSR count). The van der Waals surface area contributed by atoms with Crippen LogP contribution in [0.1, 0.15) is 46.0 Å². The first-order valence-electron chi connectivity index (χ1n) is 7.04. The van der Waals surface area contributed by atoms with E-state index >= 15 is 0 Å². The van der Waals surface area contributed by atoms with Crippen LogP contribution in [0.15, 0.2) is 12.2 Å². The molecule has 0 radical (unpaired) electrons. The monoisotopic (exact) mass is 256 g/mol. The second-order valence-corrected chi connectivity index (χ2v) is 5.76. The normalized spacial score (nSPS) is 12.8. The summed E-state index contributed by atoms with van der Waals surface area (Å²) in [5.41, 5.74) is 0.272. The maximum absolute atomic E-state index is 5.47. The van der Waals surface area contributed by atoms with Crippen molar-refractivity contribution in [2.45, 2.75) is 51.5 Å². The first kappa shape index (κ1) is 17.6. The third kappa shape index (κ3) is 12.1. The van der Waals surface area contributed by atoms with Crippen molar-refractivity contribution in [1.82, 2.24) is 10.2 Å². The molecule has 0 aliphatic heterocycles. The Labute approximate surface area is 114 Å². The molecule has 0 aromatic carbocycles. The van der Waals surface area contributed by atoms with E-state index in [4.69, 9.17) is 4.74 Å². The van der Waals surface area contributed by atoms with Gasteiger partial charge in [0.25, 0.3) is 0 Å². The number of nitrogens with zero attached hydrogens (tertiary/aromatic N) is 1. The lowest BCUT2D eigenvalue weighted by Crippen LogP contribution is -2.35. The van der Waals surface area contributed by atoms with Gasteiger partial charge in [-0.1, -0.05) is 12.2 Å². The lowest BCUT2D eigenvalue weighted by Gasteiger charge is -2.23. The number of nitrogens with one attached hydrogen (secondary N) is 1. The van der Waals surface area contributed by atoms with Gasteiger partial charge >= 0.3 is 0 Å². The quantitative estimate of drug-likeness (QED) is 0.349. The molecule has 0 bridgehead atoms. The van der Waals surface area contributed by atoms with Crippen molar-refractivity contribution in [2.75, 3.05) is 34.5 Å². The van der Waals surface area contributed by atoms with Gasteiger partial charge in [-0.25, -0.2) is 0 Å². The fourth-order valence-electron chi connectivity index (χ4n) is 1.57. The molecule has 0 saturated carbocycles. The summed E-state index contributed by atoms with van der Waals surface area (Å²) in [7, 11) is 6.07. The number of unbranched alkanes of at least 4 members (excludes halogenated alkanes) is 2. The van der Waals surface area contributed by atoms with E-state index in [1.54, 1.807) is 0 Å². The first-order chi connectivity index (χ1) is 8.48. The predicted octanol–water partition coefficient (Wildman–Crippen LogP) is 3.03. The van der Waals surface area contributed by atoms with Crippen LogP contribution in [-0.4, -0.2) is 44.9 Å². The maximum atomic E-state index is 5.47. The largest absolute Gasteiger partial charge is 0.366 e. The van der Waals surface area contributed by atoms with Crippen molar-refractivity contribution in [1.29, 1.82) is 0 Å². The van der Waals surface area contributed by atoms with E-state index in [0.29, 0.717) is 0 Å². The minimum Gasteiger partial charge on any atom is -0.366 e. The molecule has 0 spiro atoms. The highest BCUT2D eigenvalue weighted by Crippen LogP contribution is 2.12. The summed E-state index contributed by atoms with van der Waals surface area (Å²) in [5.74, 6) is 0. The summed E-state index contributed by atoms with van der Waals surface area (Å²) in [6.45, 7) is 6.08. The third-order valence-electron chi connectivity index (χ3n) is 3.02. The van der Waals surface area contributed by atoms with Crippen molar-refractivity contribution < 1.29 is 4.74 Å². The van der Waals surface area contributed by atoms with Gasteiger partial charge in [0, 0.05) is 12.1 Å². The Balaban J connectivity index is 3.29. The van der Waals surface area contributed by atoms with E-state index in [1.807, 2.05) is 26.0 Å². The van der Waals surface area contributed by atoms with Crippen molar-refractivity contribution in [3.05, 3.63) is 12.2 Å². The highest BCUT2D eigenvalue weighted by atomic mass is 16.5. The molecule has 0 atom stereocenters. The standard InChI is InChI=1S/C15H32N2O/c1-15(2,16-3)12-10-8-6-7-9-11-13-18-14-17(4)5/h6-7,16H,8-14H2,1-5H3/b7-6-. The molecule has 0 heterocycles. The SMILES string of the molecule is CNC(C)(C)CCC/C=C\CCCOCN(C)C. The van der Waals surface area contributed by atoms with E-state index in [0.717, 1.165) is 26.2 Å². The minimum atomic E-state index is 0.272. The first-order valence-corrected chi connectivity index (χ1v) is 7.04. The smallest absolute Gasteiger partial charge is 0.0985 e. The fourth-order valence-corrected chi connectivity index (χ4v) is 1.57. The van der Waals surface area contributed by atoms with Gasteiger partial charge in [0.2, 0.25) is 0 Å². The Hall–Kier alpha value is -0.380. The van der Waals surface area contributed by atoms with Gasteiger partial charge in [0.15, 0.2) is 0 Å². The van der Waals surface area contributed by atoms with Gasteiger partial charge in [0.1, 0.15) is 0 Å². The summed E-state index contributed by atoms with van der Waals surface area (Å²) in [6, 6.07) is 0. The Bertz CT molecular complexity index is 213. The van der Waals surface area contributed by atoms with E-state index < -0.39 is 0 Å². The Morgan fingerprint density at radius 1 is 1.11 bits per heavy atom. The molecule has 0 aromatic rings. The van der Waals surface area contributed by atoms with Crippen molar-refractivity contribution >= 4 is 0 Å². The zero-order chi connectivity index (χ0) is 13.9. The van der Waals surface area contributed by atoms with Gasteiger partial charge in [-0.05, 0) is 67.1 Å². The van der Waals surface area contributed by atoms with Gasteiger partial charge in [-0.15, -0.1) is 0 Å². The highest BCUT2D eigenvalue weighted by Gasteiger charge is 2.12. The van der Waals surface area contributed by atoms with Crippen molar-refractivity contribution in [3.8, 4) is 0 Å². The van der Waals surface area contributed by atoms with Gasteiger partial charge in [-0.3, -0.25) is 4.90 Å². The zero-order valence-corrected chi connectivity index (χ0v) is 13.0. The molecule has 3 nitrogen and oxygen atoms in total. The Morgan fingerprint density at radius 2 is 1.72 bits per heavy atom. The summed E-state index contributed by atoms with van der Waals surface area (Å²) < 4.78 is 5.47. The fraction of sp³-hybridized carbons (Fsp3) is 0.867. The number of allylic oxidation sites excluding steroid dienone is 2. The number of hydrogen-bond acceptors (Lipinski definition) is 3. The molecule has 0 saturated heterocycles. The van der Waals surface area contributed by atoms with Crippen molar-refractivity contribution in [2.24, 2.45) is 0 Å². The van der Waals surface area contributed by atoms with Crippen LogP contribution in [0.3, 0.4) is 0 Å². The van der Waals surface area contributed by atoms with Crippen LogP contribution < -0.4 is 5.32 Å². The zero-order valence-electron chi connectivity index (χ0n) is 13.0. The summed E-state index contributed by atoms with van der Waals surface area (Å²) in [5, 5.41) is 3.33. The van der Waals surface area contributed by atoms with E-state index in [2.05, 4.69) is 31.3 Å². The van der Waals surface area contributed by atoms with Gasteiger partial charge < -0.3 is 10.1 Å². The lowest BCUT2D eigenvalue weighted by atomic mass is 9.97. The van der Waals surface area contributed by atoms with Gasteiger partial charge in [-0.2, -0.15) is 0 Å². The maximum Gasteiger partial charge on any atom is 0.0985 e. The summed E-state index contributed by atoms with van der Waals surface area (Å²) in [6.07, 6.45) is 10.5. The van der Waals surface area contributed by atoms with E-state index in [9.17, 15) is 0 Å². The van der Waals surface area contributed by atoms with Crippen LogP contribution in [0.5, 0.6) is 0 Å². The summed E-state index contributed by atoms with van der Waals surface area (Å²) in [4.78, 5) is 2.04. The number of rotatable bonds is 11. The number of ether oxygens (including phenoxy) is 1. The lowest BCUT2D eigenvalue weighted by molar-refractivity contribution is 0.0553. The molecule has 0 aliphatic rings. The third-order valence-corrected chi connectivity index (χ3v) is 3.02. The molecular formula is C15H32N2O. The molecule has 108 valence electrons. The predicted molar refractivity (Wildman–Crippen MR) is 79.9 cm³/mol. The second-order valence-electron chi connectivity index (χ2n) is 5.76. The van der Waals surface area contributed by atoms with Crippen LogP contribution in [0.25, 0.3) is 0 Å². The van der Waals surface area contributed by atoms with Crippen LogP contribution in [0, 0.1) is 0 Å². The molecule has 3 heteroatoms. The van der Waals surface area contributed by atoms with Crippen LogP contribution in [0.2, 0.25) is 0 Å². The molecule has 0 aliphatic carbocycles. The van der Waals surface area contributed by atoms with Gasteiger partial charge in [0.05, 0.1) is 6.73 Å². The van der Waals surface area contributed by atoms with Crippen LogP contribution >= 0.6 is 0 Å². The van der Waals surface area contributed by atoms with E-state index in [1.165, 1.54) is 19.3 Å². The minimum absolute atomic E-state index is 0.272. The molecular weight excluding hydrogens is 224 g/mol. The molecule has 0 fully saturated rings. The average Bonchev–Trinajstić information content (AvgIpc) is 2.31. The van der Waals surface area contributed by atoms with Crippen LogP contribution in [0.4, 0.5) is 0 Å². The Kier molecular flexibility index (Phi) is 10.3. The molecule has 18 heavy (non-hydrogen) atoms. The second kappa shape index (κ2) is 10.5. The van der Waals surface area contributed by atoms with E-state index in [-0.39, 0.29) is 5.54 Å². The molecule has 0 amide bonds. The van der Waals surface area contributed by atoms with Crippen LogP contribution in [-0.2, 0) is 4.74 Å². The average molecular weight is 256 g/mol. The Morgan fingerprint density at radius 3 is 2.28 bits per heavy atom. The number of hydrogen-bond donors (Lipinski definition) is 1.